The Morgan fingerprint density at radius 2 is 1.39 bits per heavy atom. The van der Waals surface area contributed by atoms with Crippen LogP contribution >= 0.6 is 0 Å². The predicted molar refractivity (Wildman–Crippen MR) is 114 cm³/mol. The third kappa shape index (κ3) is 3.77. The summed E-state index contributed by atoms with van der Waals surface area (Å²) in [6.07, 6.45) is 0. The van der Waals surface area contributed by atoms with Crippen LogP contribution < -0.4 is 16.1 Å². The standard InChI is InChI=1S/C21H14N4O6/c26-21-20(25(29)30)19(17-13-16(24(27)28)11-12-18(17)31-21)22-23(14-7-3-1-4-8-14)15-9-5-2-6-10-15/h1-13,22H. The fourth-order valence-corrected chi connectivity index (χ4v) is 3.12. The van der Waals surface area contributed by atoms with Crippen molar-refractivity contribution in [3.63, 3.8) is 0 Å². The minimum Gasteiger partial charge on any atom is -0.418 e. The Hall–Kier alpha value is -4.73. The van der Waals surface area contributed by atoms with Gasteiger partial charge in [0.05, 0.1) is 26.6 Å². The van der Waals surface area contributed by atoms with E-state index in [1.165, 1.54) is 6.07 Å². The number of non-ortho nitro benzene ring substituents is 1. The van der Waals surface area contributed by atoms with Crippen LogP contribution in [0.25, 0.3) is 11.0 Å². The van der Waals surface area contributed by atoms with Crippen LogP contribution in [0.3, 0.4) is 0 Å². The number of hydrazine groups is 1. The summed E-state index contributed by atoms with van der Waals surface area (Å²) < 4.78 is 5.04. The second kappa shape index (κ2) is 7.95. The molecule has 0 saturated heterocycles. The van der Waals surface area contributed by atoms with Crippen molar-refractivity contribution in [2.45, 2.75) is 0 Å². The third-order valence-corrected chi connectivity index (χ3v) is 4.51. The summed E-state index contributed by atoms with van der Waals surface area (Å²) in [6.45, 7) is 0. The summed E-state index contributed by atoms with van der Waals surface area (Å²) in [5, 5.41) is 24.5. The van der Waals surface area contributed by atoms with E-state index in [1.54, 1.807) is 53.5 Å². The van der Waals surface area contributed by atoms with E-state index in [0.717, 1.165) is 12.1 Å². The lowest BCUT2D eigenvalue weighted by Gasteiger charge is -2.26. The van der Waals surface area contributed by atoms with Crippen LogP contribution in [0, 0.1) is 20.2 Å². The van der Waals surface area contributed by atoms with Crippen LogP contribution in [0.2, 0.25) is 0 Å². The zero-order chi connectivity index (χ0) is 22.0. The SMILES string of the molecule is O=c1oc2ccc([N+](=O)[O-])cc2c(NN(c2ccccc2)c2ccccc2)c1[N+](=O)[O-]. The van der Waals surface area contributed by atoms with Gasteiger partial charge in [-0.3, -0.25) is 30.7 Å². The van der Waals surface area contributed by atoms with E-state index >= 15 is 0 Å². The van der Waals surface area contributed by atoms with Gasteiger partial charge in [-0.25, -0.2) is 4.79 Å². The fraction of sp³-hybridized carbons (Fsp3) is 0. The Morgan fingerprint density at radius 3 is 1.90 bits per heavy atom. The number of para-hydroxylation sites is 2. The first kappa shape index (κ1) is 19.6. The van der Waals surface area contributed by atoms with Gasteiger partial charge in [0.2, 0.25) is 0 Å². The van der Waals surface area contributed by atoms with Crippen molar-refractivity contribution in [3.05, 3.63) is 110 Å². The molecule has 1 N–H and O–H groups in total. The van der Waals surface area contributed by atoms with Crippen molar-refractivity contribution in [1.82, 2.24) is 0 Å². The molecular weight excluding hydrogens is 404 g/mol. The van der Waals surface area contributed by atoms with Crippen LogP contribution in [-0.4, -0.2) is 9.85 Å². The molecule has 0 spiro atoms. The second-order valence-electron chi connectivity index (χ2n) is 6.43. The number of anilines is 3. The van der Waals surface area contributed by atoms with E-state index in [1.807, 2.05) is 12.1 Å². The van der Waals surface area contributed by atoms with Crippen LogP contribution in [0.4, 0.5) is 28.4 Å². The van der Waals surface area contributed by atoms with Crippen molar-refractivity contribution in [1.29, 1.82) is 0 Å². The molecule has 0 bridgehead atoms. The van der Waals surface area contributed by atoms with E-state index in [0.29, 0.717) is 11.4 Å². The topological polar surface area (TPSA) is 132 Å². The van der Waals surface area contributed by atoms with Crippen molar-refractivity contribution in [2.75, 3.05) is 10.4 Å². The molecule has 0 atom stereocenters. The molecule has 4 aromatic rings. The molecule has 4 rings (SSSR count). The lowest BCUT2D eigenvalue weighted by Crippen LogP contribution is -2.26. The molecule has 1 aromatic heterocycles. The first-order valence-corrected chi connectivity index (χ1v) is 9.02. The van der Waals surface area contributed by atoms with E-state index in [4.69, 9.17) is 4.42 Å². The summed E-state index contributed by atoms with van der Waals surface area (Å²) in [5.74, 6) is 0. The van der Waals surface area contributed by atoms with Gasteiger partial charge in [-0.2, -0.15) is 0 Å². The largest absolute Gasteiger partial charge is 0.418 e. The van der Waals surface area contributed by atoms with Gasteiger partial charge in [0.25, 0.3) is 5.69 Å². The Bertz CT molecular complexity index is 1300. The lowest BCUT2D eigenvalue weighted by molar-refractivity contribution is -0.386. The Balaban J connectivity index is 1.99. The third-order valence-electron chi connectivity index (χ3n) is 4.51. The van der Waals surface area contributed by atoms with Crippen LogP contribution in [0.15, 0.2) is 88.1 Å². The molecule has 3 aromatic carbocycles. The molecule has 0 aliphatic rings. The zero-order valence-electron chi connectivity index (χ0n) is 15.8. The monoisotopic (exact) mass is 418 g/mol. The first-order valence-electron chi connectivity index (χ1n) is 9.02. The number of benzene rings is 3. The molecule has 0 aliphatic carbocycles. The second-order valence-corrected chi connectivity index (χ2v) is 6.43. The highest BCUT2D eigenvalue weighted by Crippen LogP contribution is 2.35. The maximum atomic E-state index is 12.4. The average molecular weight is 418 g/mol. The number of nitrogens with zero attached hydrogens (tertiary/aromatic N) is 3. The predicted octanol–water partition coefficient (Wildman–Crippen LogP) is 4.77. The molecule has 0 saturated carbocycles. The average Bonchev–Trinajstić information content (AvgIpc) is 2.77. The van der Waals surface area contributed by atoms with Gasteiger partial charge in [0.1, 0.15) is 5.58 Å². The number of nitro benzene ring substituents is 1. The summed E-state index contributed by atoms with van der Waals surface area (Å²) in [7, 11) is 0. The Kier molecular flexibility index (Phi) is 5.02. The molecule has 0 aliphatic heterocycles. The minimum absolute atomic E-state index is 0.0234. The molecule has 10 heteroatoms. The summed E-state index contributed by atoms with van der Waals surface area (Å²) in [6, 6.07) is 21.3. The summed E-state index contributed by atoms with van der Waals surface area (Å²) >= 11 is 0. The van der Waals surface area contributed by atoms with Gasteiger partial charge >= 0.3 is 11.3 Å². The summed E-state index contributed by atoms with van der Waals surface area (Å²) in [5.41, 5.74) is 1.59. The van der Waals surface area contributed by atoms with E-state index in [-0.39, 0.29) is 22.3 Å². The van der Waals surface area contributed by atoms with Crippen molar-refractivity contribution in [2.24, 2.45) is 0 Å². The molecule has 0 amide bonds. The van der Waals surface area contributed by atoms with E-state index in [9.17, 15) is 25.0 Å². The van der Waals surface area contributed by atoms with Gasteiger partial charge in [0, 0.05) is 12.1 Å². The number of nitrogens with one attached hydrogen (secondary N) is 1. The minimum atomic E-state index is -1.17. The number of hydrogen-bond acceptors (Lipinski definition) is 8. The molecule has 0 fully saturated rings. The summed E-state index contributed by atoms with van der Waals surface area (Å²) in [4.78, 5) is 33.8. The first-order chi connectivity index (χ1) is 15.0. The molecular formula is C21H14N4O6. The van der Waals surface area contributed by atoms with E-state index < -0.39 is 21.2 Å². The highest BCUT2D eigenvalue weighted by atomic mass is 16.6. The van der Waals surface area contributed by atoms with Crippen LogP contribution in [-0.2, 0) is 0 Å². The van der Waals surface area contributed by atoms with Gasteiger partial charge in [-0.05, 0) is 30.3 Å². The number of nitro groups is 2. The molecule has 154 valence electrons. The molecule has 1 heterocycles. The Morgan fingerprint density at radius 1 is 0.806 bits per heavy atom. The molecule has 0 unspecified atom stereocenters. The maximum absolute atomic E-state index is 12.4. The van der Waals surface area contributed by atoms with Gasteiger partial charge in [-0.15, -0.1) is 0 Å². The normalized spacial score (nSPS) is 10.6. The molecule has 10 nitrogen and oxygen atoms in total. The fourth-order valence-electron chi connectivity index (χ4n) is 3.12. The Labute approximate surface area is 174 Å². The highest BCUT2D eigenvalue weighted by Gasteiger charge is 2.28. The van der Waals surface area contributed by atoms with Gasteiger partial charge in [0.15, 0.2) is 5.69 Å². The molecule has 31 heavy (non-hydrogen) atoms. The van der Waals surface area contributed by atoms with Crippen molar-refractivity contribution < 1.29 is 14.3 Å². The molecule has 0 radical (unpaired) electrons. The van der Waals surface area contributed by atoms with Crippen LogP contribution in [0.5, 0.6) is 0 Å². The van der Waals surface area contributed by atoms with E-state index in [2.05, 4.69) is 5.43 Å². The maximum Gasteiger partial charge on any atom is 0.417 e. The van der Waals surface area contributed by atoms with Crippen LogP contribution in [0.1, 0.15) is 0 Å². The quantitative estimate of drug-likeness (QED) is 0.269. The van der Waals surface area contributed by atoms with Crippen molar-refractivity contribution >= 4 is 39.4 Å². The number of fused-ring (bicyclic) bond motifs is 1. The highest BCUT2D eigenvalue weighted by molar-refractivity contribution is 5.96. The van der Waals surface area contributed by atoms with Gasteiger partial charge in [-0.1, -0.05) is 36.4 Å². The van der Waals surface area contributed by atoms with Crippen molar-refractivity contribution in [3.8, 4) is 0 Å². The smallest absolute Gasteiger partial charge is 0.417 e. The zero-order valence-corrected chi connectivity index (χ0v) is 15.8. The van der Waals surface area contributed by atoms with Gasteiger partial charge < -0.3 is 4.42 Å². The lowest BCUT2D eigenvalue weighted by atomic mass is 10.1. The number of rotatable bonds is 6. The number of hydrogen-bond donors (Lipinski definition) is 1.